The molecule has 146 valence electrons. The van der Waals surface area contributed by atoms with Crippen LogP contribution in [-0.4, -0.2) is 18.7 Å². The van der Waals surface area contributed by atoms with Gasteiger partial charge in [0.05, 0.1) is 5.56 Å². The van der Waals surface area contributed by atoms with E-state index >= 15 is 0 Å². The maximum atomic E-state index is 12.6. The molecule has 3 rings (SSSR count). The van der Waals surface area contributed by atoms with Crippen LogP contribution < -0.4 is 10.1 Å². The first kappa shape index (κ1) is 20.3. The predicted molar refractivity (Wildman–Crippen MR) is 106 cm³/mol. The van der Waals surface area contributed by atoms with Crippen molar-refractivity contribution in [3.63, 3.8) is 0 Å². The number of carbonyl (C=O) groups excluding carboxylic acids is 1. The minimum Gasteiger partial charge on any atom is -0.484 e. The van der Waals surface area contributed by atoms with Crippen molar-refractivity contribution in [2.75, 3.05) is 11.9 Å². The third-order valence-electron chi connectivity index (χ3n) is 3.60. The Bertz CT molecular complexity index is 910. The van der Waals surface area contributed by atoms with E-state index in [1.54, 1.807) is 35.2 Å². The summed E-state index contributed by atoms with van der Waals surface area (Å²) in [5.74, 6) is 0.577. The molecule has 0 aliphatic rings. The average Bonchev–Trinajstić information content (AvgIpc) is 3.19. The predicted octanol–water partition coefficient (Wildman–Crippen LogP) is 6.23. The van der Waals surface area contributed by atoms with Gasteiger partial charge in [-0.05, 0) is 47.8 Å². The van der Waals surface area contributed by atoms with Gasteiger partial charge < -0.3 is 10.1 Å². The van der Waals surface area contributed by atoms with E-state index in [0.717, 1.165) is 10.6 Å². The number of carbonyl (C=O) groups is 1. The van der Waals surface area contributed by atoms with E-state index in [-0.39, 0.29) is 11.7 Å². The minimum absolute atomic E-state index is 0.0854. The molecule has 0 fully saturated rings. The van der Waals surface area contributed by atoms with Crippen LogP contribution in [0.25, 0.3) is 0 Å². The second kappa shape index (κ2) is 9.16. The molecule has 8 heteroatoms. The van der Waals surface area contributed by atoms with Crippen LogP contribution in [0.1, 0.15) is 15.2 Å². The van der Waals surface area contributed by atoms with E-state index in [4.69, 9.17) is 0 Å². The summed E-state index contributed by atoms with van der Waals surface area (Å²) in [4.78, 5) is 14.7. The molecular formula is C20H16F3NO2S2. The van der Waals surface area contributed by atoms with Crippen molar-refractivity contribution in [1.29, 1.82) is 0 Å². The topological polar surface area (TPSA) is 38.3 Å². The molecule has 2 aromatic carbocycles. The fourth-order valence-corrected chi connectivity index (χ4v) is 4.14. The summed E-state index contributed by atoms with van der Waals surface area (Å²) in [6.07, 6.45) is -4.39. The Balaban J connectivity index is 1.63. The second-order valence-electron chi connectivity index (χ2n) is 5.75. The monoisotopic (exact) mass is 423 g/mol. The lowest BCUT2D eigenvalue weighted by Crippen LogP contribution is -2.19. The van der Waals surface area contributed by atoms with Gasteiger partial charge in [-0.2, -0.15) is 13.2 Å². The summed E-state index contributed by atoms with van der Waals surface area (Å²) in [6.45, 7) is -1.35. The molecule has 0 bridgehead atoms. The molecule has 1 N–H and O–H groups in total. The molecule has 1 heterocycles. The van der Waals surface area contributed by atoms with Gasteiger partial charge in [0.15, 0.2) is 6.61 Å². The zero-order valence-electron chi connectivity index (χ0n) is 14.5. The second-order valence-corrected chi connectivity index (χ2v) is 7.80. The molecule has 28 heavy (non-hydrogen) atoms. The fraction of sp³-hybridized carbons (Fsp3) is 0.150. The number of hydrogen-bond donors (Lipinski definition) is 1. The Labute approximate surface area is 168 Å². The highest BCUT2D eigenvalue weighted by atomic mass is 32.2. The number of thioether (sulfide) groups is 1. The number of nitrogens with one attached hydrogen (secondary N) is 1. The number of hydrogen-bond acceptors (Lipinski definition) is 4. The van der Waals surface area contributed by atoms with Crippen molar-refractivity contribution in [2.45, 2.75) is 16.8 Å². The SMILES string of the molecule is O=C(Nc1ccc(OCC(F)(F)F)cc1)c1ccccc1SCc1cccs1. The first-order valence-electron chi connectivity index (χ1n) is 8.26. The van der Waals surface area contributed by atoms with Crippen LogP contribution in [0.3, 0.4) is 0 Å². The van der Waals surface area contributed by atoms with Gasteiger partial charge in [0.25, 0.3) is 5.91 Å². The number of halogens is 3. The van der Waals surface area contributed by atoms with Crippen LogP contribution in [0, 0.1) is 0 Å². The van der Waals surface area contributed by atoms with E-state index in [0.29, 0.717) is 11.3 Å². The molecule has 0 saturated heterocycles. The van der Waals surface area contributed by atoms with Crippen LogP contribution in [0.15, 0.2) is 70.9 Å². The first-order chi connectivity index (χ1) is 13.4. The molecule has 0 saturated carbocycles. The van der Waals surface area contributed by atoms with E-state index in [2.05, 4.69) is 10.1 Å². The molecule has 3 nitrogen and oxygen atoms in total. The van der Waals surface area contributed by atoms with Crippen LogP contribution in [0.2, 0.25) is 0 Å². The summed E-state index contributed by atoms with van der Waals surface area (Å²) in [5, 5.41) is 4.77. The molecular weight excluding hydrogens is 407 g/mol. The van der Waals surface area contributed by atoms with Crippen molar-refractivity contribution < 1.29 is 22.7 Å². The van der Waals surface area contributed by atoms with E-state index in [1.165, 1.54) is 29.1 Å². The van der Waals surface area contributed by atoms with Gasteiger partial charge in [-0.1, -0.05) is 18.2 Å². The highest BCUT2D eigenvalue weighted by molar-refractivity contribution is 7.98. The lowest BCUT2D eigenvalue weighted by molar-refractivity contribution is -0.153. The summed E-state index contributed by atoms with van der Waals surface area (Å²) < 4.78 is 41.2. The Morgan fingerprint density at radius 2 is 1.79 bits per heavy atom. The highest BCUT2D eigenvalue weighted by Crippen LogP contribution is 2.28. The van der Waals surface area contributed by atoms with Gasteiger partial charge in [-0.25, -0.2) is 0 Å². The Morgan fingerprint density at radius 1 is 1.04 bits per heavy atom. The quantitative estimate of drug-likeness (QED) is 0.458. The number of amides is 1. The smallest absolute Gasteiger partial charge is 0.422 e. The van der Waals surface area contributed by atoms with Crippen LogP contribution in [-0.2, 0) is 5.75 Å². The molecule has 0 unspecified atom stereocenters. The number of benzene rings is 2. The Morgan fingerprint density at radius 3 is 2.46 bits per heavy atom. The lowest BCUT2D eigenvalue weighted by Gasteiger charge is -2.11. The van der Waals surface area contributed by atoms with Crippen molar-refractivity contribution in [2.24, 2.45) is 0 Å². The Kier molecular flexibility index (Phi) is 6.64. The lowest BCUT2D eigenvalue weighted by atomic mass is 10.2. The first-order valence-corrected chi connectivity index (χ1v) is 10.1. The zero-order chi connectivity index (χ0) is 20.0. The maximum Gasteiger partial charge on any atom is 0.422 e. The van der Waals surface area contributed by atoms with Crippen LogP contribution in [0.4, 0.5) is 18.9 Å². The van der Waals surface area contributed by atoms with Crippen LogP contribution in [0.5, 0.6) is 5.75 Å². The third kappa shape index (κ3) is 6.03. The largest absolute Gasteiger partial charge is 0.484 e. The van der Waals surface area contributed by atoms with Gasteiger partial charge in [0.2, 0.25) is 0 Å². The standard InChI is InChI=1S/C20H16F3NO2S2/c21-20(22,23)13-26-15-9-7-14(8-10-15)24-19(25)17-5-1-2-6-18(17)28-12-16-4-3-11-27-16/h1-11H,12-13H2,(H,24,25). The number of ether oxygens (including phenoxy) is 1. The number of anilines is 1. The Hall–Kier alpha value is -2.45. The zero-order valence-corrected chi connectivity index (χ0v) is 16.2. The molecule has 3 aromatic rings. The van der Waals surface area contributed by atoms with E-state index < -0.39 is 12.8 Å². The summed E-state index contributed by atoms with van der Waals surface area (Å²) in [7, 11) is 0. The van der Waals surface area contributed by atoms with Crippen molar-refractivity contribution in [3.05, 3.63) is 76.5 Å². The third-order valence-corrected chi connectivity index (χ3v) is 5.78. The van der Waals surface area contributed by atoms with E-state index in [1.807, 2.05) is 29.6 Å². The summed E-state index contributed by atoms with van der Waals surface area (Å²) in [6, 6.07) is 17.1. The summed E-state index contributed by atoms with van der Waals surface area (Å²) in [5.41, 5.74) is 1.02. The van der Waals surface area contributed by atoms with Gasteiger partial charge in [0.1, 0.15) is 5.75 Å². The molecule has 0 radical (unpaired) electrons. The number of rotatable bonds is 7. The number of alkyl halides is 3. The molecule has 0 atom stereocenters. The average molecular weight is 423 g/mol. The highest BCUT2D eigenvalue weighted by Gasteiger charge is 2.28. The van der Waals surface area contributed by atoms with Crippen molar-refractivity contribution in [3.8, 4) is 5.75 Å². The van der Waals surface area contributed by atoms with Gasteiger partial charge in [-0.3, -0.25) is 4.79 Å². The van der Waals surface area contributed by atoms with E-state index in [9.17, 15) is 18.0 Å². The number of thiophene rings is 1. The van der Waals surface area contributed by atoms with Gasteiger partial charge in [-0.15, -0.1) is 23.1 Å². The fourth-order valence-electron chi connectivity index (χ4n) is 2.32. The normalized spacial score (nSPS) is 11.2. The van der Waals surface area contributed by atoms with Crippen molar-refractivity contribution in [1.82, 2.24) is 0 Å². The maximum absolute atomic E-state index is 12.6. The summed E-state index contributed by atoms with van der Waals surface area (Å²) >= 11 is 3.24. The molecule has 0 aliphatic heterocycles. The van der Waals surface area contributed by atoms with Crippen molar-refractivity contribution >= 4 is 34.7 Å². The van der Waals surface area contributed by atoms with Gasteiger partial charge >= 0.3 is 6.18 Å². The molecule has 0 spiro atoms. The molecule has 0 aliphatic carbocycles. The van der Waals surface area contributed by atoms with Crippen LogP contribution >= 0.6 is 23.1 Å². The minimum atomic E-state index is -4.39. The van der Waals surface area contributed by atoms with Gasteiger partial charge in [0, 0.05) is 21.2 Å². The molecule has 1 amide bonds. The molecule has 1 aromatic heterocycles.